The molecule has 1 aliphatic carbocycles. The normalized spacial score (nSPS) is 23.9. The maximum atomic E-state index is 13.1. The Hall–Kier alpha value is -1.55. The molecule has 1 saturated carbocycles. The van der Waals surface area contributed by atoms with Crippen LogP contribution < -0.4 is 0 Å². The van der Waals surface area contributed by atoms with Gasteiger partial charge in [-0.15, -0.1) is 0 Å². The summed E-state index contributed by atoms with van der Waals surface area (Å²) >= 11 is 0. The van der Waals surface area contributed by atoms with Gasteiger partial charge in [0.05, 0.1) is 13.2 Å². The molecule has 3 fully saturated rings. The van der Waals surface area contributed by atoms with Crippen LogP contribution in [0.1, 0.15) is 32.1 Å². The van der Waals surface area contributed by atoms with Gasteiger partial charge in [-0.3, -0.25) is 14.7 Å². The molecule has 3 aliphatic rings. The minimum atomic E-state index is -3.57. The molecule has 0 aromatic carbocycles. The highest BCUT2D eigenvalue weighted by atomic mass is 32.2. The molecule has 30 heavy (non-hydrogen) atoms. The van der Waals surface area contributed by atoms with Gasteiger partial charge in [0.25, 0.3) is 0 Å². The first kappa shape index (κ1) is 21.7. The molecular weight excluding hydrogens is 404 g/mol. The van der Waals surface area contributed by atoms with Crippen molar-refractivity contribution < 1.29 is 17.9 Å². The molecular formula is C21H32N4O4S. The van der Waals surface area contributed by atoms with E-state index in [4.69, 9.17) is 4.74 Å². The standard InChI is InChI=1S/C21H32N4O4S/c26-21(18-4-1-5-18)25(10-3-9-23-12-14-29-15-13-23)19-7-11-24(17-19)30(27,28)20-6-2-8-22-16-20/h2,6,8,16,18-19H,1,3-5,7,9-15,17H2. The number of morpholine rings is 1. The summed E-state index contributed by atoms with van der Waals surface area (Å²) in [6.45, 7) is 5.88. The molecule has 1 unspecified atom stereocenters. The van der Waals surface area contributed by atoms with E-state index in [1.54, 1.807) is 18.3 Å². The zero-order valence-corrected chi connectivity index (χ0v) is 18.3. The highest BCUT2D eigenvalue weighted by Gasteiger charge is 2.39. The summed E-state index contributed by atoms with van der Waals surface area (Å²) in [5.41, 5.74) is 0. The second-order valence-electron chi connectivity index (χ2n) is 8.46. The number of ether oxygens (including phenoxy) is 1. The lowest BCUT2D eigenvalue weighted by atomic mass is 9.84. The van der Waals surface area contributed by atoms with Gasteiger partial charge in [-0.1, -0.05) is 6.42 Å². The van der Waals surface area contributed by atoms with E-state index in [-0.39, 0.29) is 22.8 Å². The molecule has 0 bridgehead atoms. The van der Waals surface area contributed by atoms with Crippen molar-refractivity contribution in [2.24, 2.45) is 5.92 Å². The number of aromatic nitrogens is 1. The zero-order chi connectivity index (χ0) is 21.0. The lowest BCUT2D eigenvalue weighted by Gasteiger charge is -2.36. The summed E-state index contributed by atoms with van der Waals surface area (Å²) in [6.07, 6.45) is 7.60. The second kappa shape index (κ2) is 9.72. The van der Waals surface area contributed by atoms with Gasteiger partial charge in [-0.2, -0.15) is 4.31 Å². The molecule has 166 valence electrons. The summed E-state index contributed by atoms with van der Waals surface area (Å²) in [5, 5.41) is 0. The molecule has 8 nitrogen and oxygen atoms in total. The SMILES string of the molecule is O=C(C1CCC1)N(CCCN1CCOCC1)C1CCN(S(=O)(=O)c2cccnc2)C1. The Labute approximate surface area is 179 Å². The van der Waals surface area contributed by atoms with Crippen LogP contribution in [0, 0.1) is 5.92 Å². The van der Waals surface area contributed by atoms with Crippen LogP contribution in [0.3, 0.4) is 0 Å². The van der Waals surface area contributed by atoms with Crippen LogP contribution in [0.25, 0.3) is 0 Å². The number of carbonyl (C=O) groups is 1. The minimum Gasteiger partial charge on any atom is -0.379 e. The molecule has 1 aromatic heterocycles. The summed E-state index contributed by atoms with van der Waals surface area (Å²) < 4.78 is 32.8. The average molecular weight is 437 g/mol. The Balaban J connectivity index is 1.39. The fraction of sp³-hybridized carbons (Fsp3) is 0.714. The van der Waals surface area contributed by atoms with Gasteiger partial charge in [0.1, 0.15) is 4.90 Å². The Morgan fingerprint density at radius 3 is 2.67 bits per heavy atom. The number of hydrogen-bond donors (Lipinski definition) is 0. The Bertz CT molecular complexity index is 810. The lowest BCUT2D eigenvalue weighted by molar-refractivity contribution is -0.140. The smallest absolute Gasteiger partial charge is 0.244 e. The van der Waals surface area contributed by atoms with Crippen LogP contribution in [0.5, 0.6) is 0 Å². The van der Waals surface area contributed by atoms with Crippen molar-refractivity contribution in [1.82, 2.24) is 19.1 Å². The van der Waals surface area contributed by atoms with E-state index < -0.39 is 10.0 Å². The van der Waals surface area contributed by atoms with Crippen molar-refractivity contribution in [3.63, 3.8) is 0 Å². The number of carbonyl (C=O) groups excluding carboxylic acids is 1. The first-order chi connectivity index (χ1) is 14.6. The molecule has 1 aromatic rings. The number of hydrogen-bond acceptors (Lipinski definition) is 6. The van der Waals surface area contributed by atoms with Gasteiger partial charge in [0.2, 0.25) is 15.9 Å². The van der Waals surface area contributed by atoms with Crippen LogP contribution in [-0.2, 0) is 19.6 Å². The maximum absolute atomic E-state index is 13.1. The predicted molar refractivity (Wildman–Crippen MR) is 112 cm³/mol. The molecule has 2 aliphatic heterocycles. The van der Waals surface area contributed by atoms with E-state index in [0.29, 0.717) is 26.1 Å². The van der Waals surface area contributed by atoms with E-state index in [0.717, 1.165) is 58.5 Å². The first-order valence-electron chi connectivity index (χ1n) is 11.1. The molecule has 3 heterocycles. The van der Waals surface area contributed by atoms with Gasteiger partial charge in [-0.05, 0) is 37.8 Å². The van der Waals surface area contributed by atoms with E-state index in [2.05, 4.69) is 9.88 Å². The van der Waals surface area contributed by atoms with Crippen LogP contribution in [-0.4, -0.2) is 91.9 Å². The Kier molecular flexibility index (Phi) is 7.02. The molecule has 0 N–H and O–H groups in total. The lowest BCUT2D eigenvalue weighted by Crippen LogP contribution is -2.48. The molecule has 0 radical (unpaired) electrons. The van der Waals surface area contributed by atoms with Gasteiger partial charge in [-0.25, -0.2) is 8.42 Å². The summed E-state index contributed by atoms with van der Waals surface area (Å²) in [6, 6.07) is 3.17. The fourth-order valence-electron chi connectivity index (χ4n) is 4.48. The van der Waals surface area contributed by atoms with Crippen molar-refractivity contribution in [3.05, 3.63) is 24.5 Å². The maximum Gasteiger partial charge on any atom is 0.244 e. The van der Waals surface area contributed by atoms with Crippen LogP contribution in [0.2, 0.25) is 0 Å². The number of amides is 1. The van der Waals surface area contributed by atoms with Crippen LogP contribution in [0.4, 0.5) is 0 Å². The molecule has 4 rings (SSSR count). The monoisotopic (exact) mass is 436 g/mol. The quantitative estimate of drug-likeness (QED) is 0.609. The highest BCUT2D eigenvalue weighted by molar-refractivity contribution is 7.89. The third-order valence-corrected chi connectivity index (χ3v) is 8.40. The van der Waals surface area contributed by atoms with E-state index >= 15 is 0 Å². The fourth-order valence-corrected chi connectivity index (χ4v) is 5.94. The van der Waals surface area contributed by atoms with Crippen LogP contribution in [0.15, 0.2) is 29.4 Å². The predicted octanol–water partition coefficient (Wildman–Crippen LogP) is 1.20. The van der Waals surface area contributed by atoms with Gasteiger partial charge >= 0.3 is 0 Å². The minimum absolute atomic E-state index is 0.0470. The van der Waals surface area contributed by atoms with E-state index in [1.165, 1.54) is 10.5 Å². The third kappa shape index (κ3) is 4.85. The van der Waals surface area contributed by atoms with Crippen molar-refractivity contribution in [2.45, 2.75) is 43.0 Å². The molecule has 0 spiro atoms. The van der Waals surface area contributed by atoms with Crippen LogP contribution >= 0.6 is 0 Å². The molecule has 9 heteroatoms. The first-order valence-corrected chi connectivity index (χ1v) is 12.5. The highest BCUT2D eigenvalue weighted by Crippen LogP contribution is 2.31. The van der Waals surface area contributed by atoms with Gasteiger partial charge in [0, 0.05) is 63.6 Å². The van der Waals surface area contributed by atoms with Crippen molar-refractivity contribution >= 4 is 15.9 Å². The number of pyridine rings is 1. The zero-order valence-electron chi connectivity index (χ0n) is 17.5. The van der Waals surface area contributed by atoms with Gasteiger partial charge in [0.15, 0.2) is 0 Å². The summed E-state index contributed by atoms with van der Waals surface area (Å²) in [5.74, 6) is 0.339. The van der Waals surface area contributed by atoms with E-state index in [1.807, 2.05) is 4.90 Å². The second-order valence-corrected chi connectivity index (χ2v) is 10.4. The molecule has 2 saturated heterocycles. The number of sulfonamides is 1. The third-order valence-electron chi connectivity index (χ3n) is 6.55. The topological polar surface area (TPSA) is 83.0 Å². The molecule has 1 amide bonds. The van der Waals surface area contributed by atoms with Crippen molar-refractivity contribution in [2.75, 3.05) is 52.5 Å². The largest absolute Gasteiger partial charge is 0.379 e. The van der Waals surface area contributed by atoms with Gasteiger partial charge < -0.3 is 9.64 Å². The van der Waals surface area contributed by atoms with Crippen molar-refractivity contribution in [3.8, 4) is 0 Å². The molecule has 1 atom stereocenters. The Morgan fingerprint density at radius 2 is 2.00 bits per heavy atom. The van der Waals surface area contributed by atoms with Crippen molar-refractivity contribution in [1.29, 1.82) is 0 Å². The summed E-state index contributed by atoms with van der Waals surface area (Å²) in [7, 11) is -3.57. The average Bonchev–Trinajstić information content (AvgIpc) is 3.22. The van der Waals surface area contributed by atoms with E-state index in [9.17, 15) is 13.2 Å². The number of nitrogens with zero attached hydrogens (tertiary/aromatic N) is 4. The number of rotatable bonds is 8. The summed E-state index contributed by atoms with van der Waals surface area (Å²) in [4.78, 5) is 21.7. The Morgan fingerprint density at radius 1 is 1.20 bits per heavy atom.